The number of benzene rings is 2. The molecule has 1 heterocycles. The Hall–Kier alpha value is -3.08. The van der Waals surface area contributed by atoms with Crippen LogP contribution in [0.1, 0.15) is 27.2 Å². The first-order chi connectivity index (χ1) is 13.0. The summed E-state index contributed by atoms with van der Waals surface area (Å²) < 4.78 is 10.6. The number of aryl methyl sites for hydroxylation is 2. The van der Waals surface area contributed by atoms with E-state index in [4.69, 9.17) is 9.47 Å². The molecule has 5 heteroatoms. The van der Waals surface area contributed by atoms with Crippen molar-refractivity contribution in [1.82, 2.24) is 10.3 Å². The highest BCUT2D eigenvalue weighted by atomic mass is 16.5. The fourth-order valence-electron chi connectivity index (χ4n) is 3.11. The van der Waals surface area contributed by atoms with E-state index in [1.807, 2.05) is 56.3 Å². The Balaban J connectivity index is 1.73. The fraction of sp³-hybridized carbons (Fsp3) is 0.273. The molecule has 0 unspecified atom stereocenters. The minimum absolute atomic E-state index is 0.0865. The lowest BCUT2D eigenvalue weighted by molar-refractivity contribution is 0.0955. The minimum atomic E-state index is -0.0865. The largest absolute Gasteiger partial charge is 0.493 e. The number of carbonyl (C=O) groups is 1. The Morgan fingerprint density at radius 3 is 2.52 bits per heavy atom. The van der Waals surface area contributed by atoms with E-state index in [0.29, 0.717) is 30.0 Å². The van der Waals surface area contributed by atoms with Crippen molar-refractivity contribution in [2.45, 2.75) is 20.3 Å². The highest BCUT2D eigenvalue weighted by Crippen LogP contribution is 2.27. The number of hydrogen-bond donors (Lipinski definition) is 1. The molecule has 0 bridgehead atoms. The molecule has 3 rings (SSSR count). The predicted octanol–water partition coefficient (Wildman–Crippen LogP) is 3.84. The van der Waals surface area contributed by atoms with Crippen molar-refractivity contribution in [3.05, 3.63) is 64.8 Å². The van der Waals surface area contributed by atoms with Crippen molar-refractivity contribution in [3.63, 3.8) is 0 Å². The summed E-state index contributed by atoms with van der Waals surface area (Å²) in [6, 6.07) is 13.6. The van der Waals surface area contributed by atoms with Crippen LogP contribution in [0.15, 0.2) is 42.5 Å². The van der Waals surface area contributed by atoms with Crippen LogP contribution in [0.3, 0.4) is 0 Å². The summed E-state index contributed by atoms with van der Waals surface area (Å²) in [7, 11) is 3.22. The van der Waals surface area contributed by atoms with Gasteiger partial charge < -0.3 is 14.8 Å². The molecule has 0 fully saturated rings. The molecule has 1 amide bonds. The number of pyridine rings is 1. The maximum absolute atomic E-state index is 12.8. The second-order valence-corrected chi connectivity index (χ2v) is 6.53. The van der Waals surface area contributed by atoms with Crippen LogP contribution in [0.4, 0.5) is 0 Å². The molecule has 5 nitrogen and oxygen atoms in total. The maximum Gasteiger partial charge on any atom is 0.252 e. The van der Waals surface area contributed by atoms with Crippen molar-refractivity contribution in [1.29, 1.82) is 0 Å². The van der Waals surface area contributed by atoms with Crippen LogP contribution in [0.25, 0.3) is 10.9 Å². The molecule has 3 aromatic rings. The van der Waals surface area contributed by atoms with Crippen molar-refractivity contribution >= 4 is 16.8 Å². The van der Waals surface area contributed by atoms with Gasteiger partial charge in [0.05, 0.1) is 25.3 Å². The standard InChI is InChI=1S/C22H24N2O3/c1-14-5-7-19-17(11-14)18(12-15(2)24-19)22(25)23-10-9-16-6-8-20(26-3)21(13-16)27-4/h5-8,11-13H,9-10H2,1-4H3,(H,23,25). The molecular weight excluding hydrogens is 340 g/mol. The van der Waals surface area contributed by atoms with Crippen LogP contribution < -0.4 is 14.8 Å². The SMILES string of the molecule is COc1ccc(CCNC(=O)c2cc(C)nc3ccc(C)cc23)cc1OC. The third-order valence-electron chi connectivity index (χ3n) is 4.48. The quantitative estimate of drug-likeness (QED) is 0.722. The summed E-state index contributed by atoms with van der Waals surface area (Å²) in [5.74, 6) is 1.29. The van der Waals surface area contributed by atoms with Gasteiger partial charge in [-0.2, -0.15) is 0 Å². The first kappa shape index (κ1) is 18.7. The first-order valence-corrected chi connectivity index (χ1v) is 8.89. The molecule has 2 aromatic carbocycles. The lowest BCUT2D eigenvalue weighted by atomic mass is 10.0. The molecule has 1 N–H and O–H groups in total. The number of rotatable bonds is 6. The molecule has 0 spiro atoms. The number of nitrogens with one attached hydrogen (secondary N) is 1. The molecule has 0 saturated carbocycles. The number of aromatic nitrogens is 1. The molecule has 0 atom stereocenters. The number of ether oxygens (including phenoxy) is 2. The van der Waals surface area contributed by atoms with Gasteiger partial charge in [-0.15, -0.1) is 0 Å². The van der Waals surface area contributed by atoms with Gasteiger partial charge in [0, 0.05) is 17.6 Å². The van der Waals surface area contributed by atoms with Gasteiger partial charge in [0.2, 0.25) is 0 Å². The first-order valence-electron chi connectivity index (χ1n) is 8.89. The van der Waals surface area contributed by atoms with E-state index in [-0.39, 0.29) is 5.91 Å². The van der Waals surface area contributed by atoms with Crippen LogP contribution in [-0.2, 0) is 6.42 Å². The predicted molar refractivity (Wildman–Crippen MR) is 107 cm³/mol. The summed E-state index contributed by atoms with van der Waals surface area (Å²) in [6.07, 6.45) is 0.702. The van der Waals surface area contributed by atoms with E-state index < -0.39 is 0 Å². The second-order valence-electron chi connectivity index (χ2n) is 6.53. The number of carbonyl (C=O) groups excluding carboxylic acids is 1. The number of methoxy groups -OCH3 is 2. The normalized spacial score (nSPS) is 10.7. The molecule has 0 aliphatic rings. The fourth-order valence-corrected chi connectivity index (χ4v) is 3.11. The molecule has 0 aliphatic heterocycles. The third kappa shape index (κ3) is 4.19. The average molecular weight is 364 g/mol. The minimum Gasteiger partial charge on any atom is -0.493 e. The van der Waals surface area contributed by atoms with Crippen molar-refractivity contribution in [2.24, 2.45) is 0 Å². The van der Waals surface area contributed by atoms with E-state index in [1.54, 1.807) is 14.2 Å². The number of fused-ring (bicyclic) bond motifs is 1. The Morgan fingerprint density at radius 2 is 1.78 bits per heavy atom. The van der Waals surface area contributed by atoms with Crippen molar-refractivity contribution in [3.8, 4) is 11.5 Å². The average Bonchev–Trinajstić information content (AvgIpc) is 2.67. The van der Waals surface area contributed by atoms with Crippen LogP contribution in [0, 0.1) is 13.8 Å². The second kappa shape index (κ2) is 8.08. The Labute approximate surface area is 159 Å². The molecular formula is C22H24N2O3. The van der Waals surface area contributed by atoms with E-state index in [0.717, 1.165) is 27.7 Å². The van der Waals surface area contributed by atoms with Gasteiger partial charge in [-0.3, -0.25) is 9.78 Å². The Kier molecular flexibility index (Phi) is 5.60. The zero-order valence-corrected chi connectivity index (χ0v) is 16.1. The van der Waals surface area contributed by atoms with E-state index in [1.165, 1.54) is 0 Å². The van der Waals surface area contributed by atoms with Crippen LogP contribution in [0.2, 0.25) is 0 Å². The lowest BCUT2D eigenvalue weighted by Gasteiger charge is -2.11. The lowest BCUT2D eigenvalue weighted by Crippen LogP contribution is -2.26. The molecule has 0 radical (unpaired) electrons. The maximum atomic E-state index is 12.8. The Morgan fingerprint density at radius 1 is 1.00 bits per heavy atom. The topological polar surface area (TPSA) is 60.5 Å². The zero-order chi connectivity index (χ0) is 19.4. The highest BCUT2D eigenvalue weighted by Gasteiger charge is 2.12. The molecule has 1 aromatic heterocycles. The molecule has 27 heavy (non-hydrogen) atoms. The van der Waals surface area contributed by atoms with Gasteiger partial charge in [-0.1, -0.05) is 17.7 Å². The summed E-state index contributed by atoms with van der Waals surface area (Å²) in [5.41, 5.74) is 4.50. The van der Waals surface area contributed by atoms with Gasteiger partial charge in [-0.25, -0.2) is 0 Å². The monoisotopic (exact) mass is 364 g/mol. The summed E-state index contributed by atoms with van der Waals surface area (Å²) >= 11 is 0. The number of nitrogens with zero attached hydrogens (tertiary/aromatic N) is 1. The van der Waals surface area contributed by atoms with Gasteiger partial charge in [0.25, 0.3) is 5.91 Å². The highest BCUT2D eigenvalue weighted by molar-refractivity contribution is 6.06. The van der Waals surface area contributed by atoms with Gasteiger partial charge in [-0.05, 0) is 56.2 Å². The molecule has 140 valence electrons. The smallest absolute Gasteiger partial charge is 0.252 e. The van der Waals surface area contributed by atoms with Gasteiger partial charge in [0.1, 0.15) is 0 Å². The van der Waals surface area contributed by atoms with Crippen LogP contribution in [0.5, 0.6) is 11.5 Å². The third-order valence-corrected chi connectivity index (χ3v) is 4.48. The summed E-state index contributed by atoms with van der Waals surface area (Å²) in [4.78, 5) is 17.3. The van der Waals surface area contributed by atoms with Crippen LogP contribution in [-0.4, -0.2) is 31.7 Å². The van der Waals surface area contributed by atoms with E-state index in [2.05, 4.69) is 10.3 Å². The van der Waals surface area contributed by atoms with Gasteiger partial charge in [0.15, 0.2) is 11.5 Å². The number of hydrogen-bond acceptors (Lipinski definition) is 4. The summed E-state index contributed by atoms with van der Waals surface area (Å²) in [6.45, 7) is 4.45. The molecule has 0 aliphatic carbocycles. The van der Waals surface area contributed by atoms with E-state index in [9.17, 15) is 4.79 Å². The van der Waals surface area contributed by atoms with Crippen LogP contribution >= 0.6 is 0 Å². The number of amides is 1. The Bertz CT molecular complexity index is 983. The van der Waals surface area contributed by atoms with Crippen molar-refractivity contribution < 1.29 is 14.3 Å². The molecule has 0 saturated heterocycles. The zero-order valence-electron chi connectivity index (χ0n) is 16.1. The summed E-state index contributed by atoms with van der Waals surface area (Å²) in [5, 5.41) is 3.89. The van der Waals surface area contributed by atoms with Gasteiger partial charge >= 0.3 is 0 Å². The van der Waals surface area contributed by atoms with E-state index >= 15 is 0 Å². The van der Waals surface area contributed by atoms with Crippen molar-refractivity contribution in [2.75, 3.05) is 20.8 Å².